The molecular weight excluding hydrogens is 168 g/mol. The molecule has 0 aliphatic rings. The Morgan fingerprint density at radius 3 is 2.50 bits per heavy atom. The SMILES string of the molecule is CC=CCc1ccccc1CCCC. The third kappa shape index (κ3) is 3.37. The van der Waals surface area contributed by atoms with Crippen molar-refractivity contribution in [2.45, 2.75) is 39.5 Å². The van der Waals surface area contributed by atoms with Crippen LogP contribution in [0.4, 0.5) is 0 Å². The van der Waals surface area contributed by atoms with Crippen LogP contribution in [0.5, 0.6) is 0 Å². The maximum atomic E-state index is 2.26. The minimum absolute atomic E-state index is 1.08. The minimum atomic E-state index is 1.08. The molecule has 0 nitrogen and oxygen atoms in total. The van der Waals surface area contributed by atoms with Crippen molar-refractivity contribution in [1.82, 2.24) is 0 Å². The van der Waals surface area contributed by atoms with Crippen LogP contribution in [0.2, 0.25) is 0 Å². The van der Waals surface area contributed by atoms with Gasteiger partial charge < -0.3 is 0 Å². The first kappa shape index (κ1) is 11.0. The van der Waals surface area contributed by atoms with Crippen LogP contribution >= 0.6 is 0 Å². The highest BCUT2D eigenvalue weighted by Crippen LogP contribution is 2.13. The van der Waals surface area contributed by atoms with Crippen LogP contribution in [0.3, 0.4) is 0 Å². The zero-order chi connectivity index (χ0) is 10.2. The van der Waals surface area contributed by atoms with E-state index in [4.69, 9.17) is 0 Å². The molecule has 0 aliphatic heterocycles. The lowest BCUT2D eigenvalue weighted by Gasteiger charge is -2.06. The van der Waals surface area contributed by atoms with Crippen molar-refractivity contribution >= 4 is 0 Å². The Bertz CT molecular complexity index is 284. The van der Waals surface area contributed by atoms with Gasteiger partial charge in [-0.05, 0) is 37.3 Å². The molecule has 1 aromatic rings. The predicted octanol–water partition coefficient (Wildman–Crippen LogP) is 4.15. The van der Waals surface area contributed by atoms with Crippen LogP contribution in [0.15, 0.2) is 36.4 Å². The highest BCUT2D eigenvalue weighted by atomic mass is 14.0. The second-order valence-electron chi connectivity index (χ2n) is 3.65. The van der Waals surface area contributed by atoms with E-state index in [1.165, 1.54) is 30.4 Å². The van der Waals surface area contributed by atoms with E-state index >= 15 is 0 Å². The van der Waals surface area contributed by atoms with Gasteiger partial charge in [0.25, 0.3) is 0 Å². The lowest BCUT2D eigenvalue weighted by Crippen LogP contribution is -1.92. The van der Waals surface area contributed by atoms with Crippen molar-refractivity contribution < 1.29 is 0 Å². The number of rotatable bonds is 5. The van der Waals surface area contributed by atoms with E-state index in [9.17, 15) is 0 Å². The summed E-state index contributed by atoms with van der Waals surface area (Å²) in [7, 11) is 0. The van der Waals surface area contributed by atoms with Gasteiger partial charge in [0.15, 0.2) is 0 Å². The number of hydrogen-bond acceptors (Lipinski definition) is 0. The van der Waals surface area contributed by atoms with Crippen molar-refractivity contribution in [3.05, 3.63) is 47.5 Å². The molecule has 0 atom stereocenters. The standard InChI is InChI=1S/C14H20/c1-3-5-9-13-11-7-8-12-14(13)10-6-4-2/h3,5,7-8,11-12H,4,6,9-10H2,1-2H3. The highest BCUT2D eigenvalue weighted by Gasteiger charge is 1.98. The number of unbranched alkanes of at least 4 members (excludes halogenated alkanes) is 1. The summed E-state index contributed by atoms with van der Waals surface area (Å²) in [5.74, 6) is 0. The van der Waals surface area contributed by atoms with Gasteiger partial charge in [0, 0.05) is 0 Å². The average Bonchev–Trinajstić information content (AvgIpc) is 2.24. The van der Waals surface area contributed by atoms with Gasteiger partial charge in [0.1, 0.15) is 0 Å². The zero-order valence-electron chi connectivity index (χ0n) is 9.29. The van der Waals surface area contributed by atoms with Gasteiger partial charge in [-0.25, -0.2) is 0 Å². The molecule has 0 aromatic heterocycles. The molecule has 0 amide bonds. The Labute approximate surface area is 87.7 Å². The number of benzene rings is 1. The van der Waals surface area contributed by atoms with Gasteiger partial charge in [-0.15, -0.1) is 0 Å². The third-order valence-electron chi connectivity index (χ3n) is 2.49. The van der Waals surface area contributed by atoms with Gasteiger partial charge in [-0.1, -0.05) is 49.8 Å². The third-order valence-corrected chi connectivity index (χ3v) is 2.49. The lowest BCUT2D eigenvalue weighted by atomic mass is 10.00. The first-order valence-electron chi connectivity index (χ1n) is 5.56. The Kier molecular flexibility index (Phi) is 5.06. The summed E-state index contributed by atoms with van der Waals surface area (Å²) in [5, 5.41) is 0. The van der Waals surface area contributed by atoms with Crippen molar-refractivity contribution in [3.63, 3.8) is 0 Å². The normalized spacial score (nSPS) is 11.0. The second kappa shape index (κ2) is 6.42. The van der Waals surface area contributed by atoms with Crippen LogP contribution in [0.25, 0.3) is 0 Å². The van der Waals surface area contributed by atoms with E-state index in [0.717, 1.165) is 6.42 Å². The predicted molar refractivity (Wildman–Crippen MR) is 63.6 cm³/mol. The molecule has 0 unspecified atom stereocenters. The molecule has 0 aliphatic carbocycles. The number of allylic oxidation sites excluding steroid dienone is 2. The number of aryl methyl sites for hydroxylation is 1. The lowest BCUT2D eigenvalue weighted by molar-refractivity contribution is 0.789. The Morgan fingerprint density at radius 1 is 1.14 bits per heavy atom. The van der Waals surface area contributed by atoms with E-state index in [-0.39, 0.29) is 0 Å². The van der Waals surface area contributed by atoms with Gasteiger partial charge in [0.05, 0.1) is 0 Å². The minimum Gasteiger partial charge on any atom is -0.0913 e. The topological polar surface area (TPSA) is 0 Å². The molecular formula is C14H20. The van der Waals surface area contributed by atoms with Crippen LogP contribution in [0.1, 0.15) is 37.8 Å². The van der Waals surface area contributed by atoms with E-state index < -0.39 is 0 Å². The van der Waals surface area contributed by atoms with Crippen molar-refractivity contribution in [2.24, 2.45) is 0 Å². The first-order chi connectivity index (χ1) is 6.88. The molecule has 0 heteroatoms. The fourth-order valence-electron chi connectivity index (χ4n) is 1.61. The summed E-state index contributed by atoms with van der Waals surface area (Å²) in [6.07, 6.45) is 9.23. The Hall–Kier alpha value is -1.04. The maximum Gasteiger partial charge on any atom is -0.00948 e. The van der Waals surface area contributed by atoms with Gasteiger partial charge in [-0.3, -0.25) is 0 Å². The average molecular weight is 188 g/mol. The highest BCUT2D eigenvalue weighted by molar-refractivity contribution is 5.28. The first-order valence-corrected chi connectivity index (χ1v) is 5.56. The molecule has 14 heavy (non-hydrogen) atoms. The fourth-order valence-corrected chi connectivity index (χ4v) is 1.61. The molecule has 1 rings (SSSR count). The molecule has 1 aromatic carbocycles. The van der Waals surface area contributed by atoms with Crippen molar-refractivity contribution in [2.75, 3.05) is 0 Å². The van der Waals surface area contributed by atoms with E-state index in [1.807, 2.05) is 0 Å². The molecule has 0 heterocycles. The Morgan fingerprint density at radius 2 is 1.86 bits per heavy atom. The monoisotopic (exact) mass is 188 g/mol. The summed E-state index contributed by atoms with van der Waals surface area (Å²) in [5.41, 5.74) is 3.01. The summed E-state index contributed by atoms with van der Waals surface area (Å²) >= 11 is 0. The van der Waals surface area contributed by atoms with Gasteiger partial charge in [-0.2, -0.15) is 0 Å². The fraction of sp³-hybridized carbons (Fsp3) is 0.429. The summed E-state index contributed by atoms with van der Waals surface area (Å²) in [4.78, 5) is 0. The summed E-state index contributed by atoms with van der Waals surface area (Å²) in [6.45, 7) is 4.32. The van der Waals surface area contributed by atoms with E-state index in [2.05, 4.69) is 50.3 Å². The molecule has 0 radical (unpaired) electrons. The van der Waals surface area contributed by atoms with Gasteiger partial charge in [0.2, 0.25) is 0 Å². The molecule has 0 spiro atoms. The largest absolute Gasteiger partial charge is 0.0913 e. The molecule has 0 saturated heterocycles. The van der Waals surface area contributed by atoms with Crippen LogP contribution in [-0.2, 0) is 12.8 Å². The Balaban J connectivity index is 2.69. The molecule has 0 saturated carbocycles. The van der Waals surface area contributed by atoms with Crippen LogP contribution in [0, 0.1) is 0 Å². The number of hydrogen-bond donors (Lipinski definition) is 0. The van der Waals surface area contributed by atoms with Gasteiger partial charge >= 0.3 is 0 Å². The molecule has 0 bridgehead atoms. The summed E-state index contributed by atoms with van der Waals surface area (Å²) in [6, 6.07) is 8.78. The molecule has 0 fully saturated rings. The summed E-state index contributed by atoms with van der Waals surface area (Å²) < 4.78 is 0. The second-order valence-corrected chi connectivity index (χ2v) is 3.65. The molecule has 0 N–H and O–H groups in total. The van der Waals surface area contributed by atoms with Crippen LogP contribution < -0.4 is 0 Å². The zero-order valence-corrected chi connectivity index (χ0v) is 9.29. The van der Waals surface area contributed by atoms with Crippen molar-refractivity contribution in [1.29, 1.82) is 0 Å². The molecule has 76 valence electrons. The van der Waals surface area contributed by atoms with Crippen molar-refractivity contribution in [3.8, 4) is 0 Å². The quantitative estimate of drug-likeness (QED) is 0.609. The van der Waals surface area contributed by atoms with Crippen LogP contribution in [-0.4, -0.2) is 0 Å². The smallest absolute Gasteiger partial charge is 0.00948 e. The maximum absolute atomic E-state index is 2.26. The van der Waals surface area contributed by atoms with E-state index in [0.29, 0.717) is 0 Å². The van der Waals surface area contributed by atoms with E-state index in [1.54, 1.807) is 0 Å².